The van der Waals surface area contributed by atoms with Gasteiger partial charge in [-0.2, -0.15) is 0 Å². The molecule has 4 heteroatoms. The second kappa shape index (κ2) is 12.7. The third-order valence-electron chi connectivity index (χ3n) is 9.74. The summed E-state index contributed by atoms with van der Waals surface area (Å²) in [7, 11) is 0. The van der Waals surface area contributed by atoms with Gasteiger partial charge in [-0.1, -0.05) is 133 Å². The van der Waals surface area contributed by atoms with Gasteiger partial charge in [0, 0.05) is 33.2 Å². The van der Waals surface area contributed by atoms with Gasteiger partial charge < -0.3 is 4.57 Å². The Morgan fingerprint density at radius 1 is 0.353 bits per heavy atom. The number of aromatic nitrogens is 4. The van der Waals surface area contributed by atoms with Gasteiger partial charge in [0.2, 0.25) is 0 Å². The van der Waals surface area contributed by atoms with Gasteiger partial charge in [-0.05, 0) is 83.6 Å². The maximum Gasteiger partial charge on any atom is 0.164 e. The van der Waals surface area contributed by atoms with Crippen molar-refractivity contribution in [3.05, 3.63) is 181 Å². The molecule has 0 saturated heterocycles. The Labute approximate surface area is 297 Å². The van der Waals surface area contributed by atoms with Crippen LogP contribution in [0, 0.1) is 13.8 Å². The topological polar surface area (TPSA) is 43.6 Å². The molecule has 0 aliphatic rings. The van der Waals surface area contributed by atoms with Crippen molar-refractivity contribution in [3.8, 4) is 62.1 Å². The van der Waals surface area contributed by atoms with E-state index in [1.807, 2.05) is 60.7 Å². The van der Waals surface area contributed by atoms with E-state index in [4.69, 9.17) is 15.0 Å². The van der Waals surface area contributed by atoms with Gasteiger partial charge in [0.15, 0.2) is 17.5 Å². The summed E-state index contributed by atoms with van der Waals surface area (Å²) in [5.74, 6) is 1.93. The van der Waals surface area contributed by atoms with Gasteiger partial charge in [0.05, 0.1) is 11.0 Å². The summed E-state index contributed by atoms with van der Waals surface area (Å²) in [6, 6.07) is 59.7. The average Bonchev–Trinajstić information content (AvgIpc) is 3.53. The third-order valence-corrected chi connectivity index (χ3v) is 9.74. The highest BCUT2D eigenvalue weighted by Gasteiger charge is 2.17. The fraction of sp³-hybridized carbons (Fsp3) is 0.0426. The zero-order valence-electron chi connectivity index (χ0n) is 28.5. The minimum absolute atomic E-state index is 0.636. The largest absolute Gasteiger partial charge is 0.309 e. The van der Waals surface area contributed by atoms with Gasteiger partial charge in [-0.25, -0.2) is 15.0 Å². The summed E-state index contributed by atoms with van der Waals surface area (Å²) in [5, 5.41) is 2.42. The van der Waals surface area contributed by atoms with E-state index in [1.54, 1.807) is 0 Å². The third kappa shape index (κ3) is 5.57. The fourth-order valence-corrected chi connectivity index (χ4v) is 7.12. The SMILES string of the molecule is Cc1ccccc1-c1cc(-c2ccc3c(c2)c2ccccc2n3-c2cccc(-c3nc(-c4ccccc4)nc(-c4ccccc4)n3)c2)ccc1C. The molecule has 7 aromatic carbocycles. The first-order chi connectivity index (χ1) is 25.1. The van der Waals surface area contributed by atoms with Crippen LogP contribution in [0.25, 0.3) is 83.9 Å². The molecule has 0 fully saturated rings. The van der Waals surface area contributed by atoms with Crippen LogP contribution in [0.2, 0.25) is 0 Å². The number of rotatable bonds is 6. The van der Waals surface area contributed by atoms with E-state index in [2.05, 4.69) is 128 Å². The van der Waals surface area contributed by atoms with Crippen molar-refractivity contribution < 1.29 is 0 Å². The summed E-state index contributed by atoms with van der Waals surface area (Å²) in [6.45, 7) is 4.38. The average molecular weight is 655 g/mol. The molecule has 0 atom stereocenters. The molecular weight excluding hydrogens is 621 g/mol. The Morgan fingerprint density at radius 3 is 1.63 bits per heavy atom. The number of hydrogen-bond acceptors (Lipinski definition) is 3. The van der Waals surface area contributed by atoms with Crippen molar-refractivity contribution in [1.29, 1.82) is 0 Å². The first-order valence-corrected chi connectivity index (χ1v) is 17.3. The van der Waals surface area contributed by atoms with Crippen molar-refractivity contribution in [3.63, 3.8) is 0 Å². The lowest BCUT2D eigenvalue weighted by Gasteiger charge is -2.13. The van der Waals surface area contributed by atoms with Gasteiger partial charge in [-0.3, -0.25) is 0 Å². The molecule has 0 saturated carbocycles. The van der Waals surface area contributed by atoms with E-state index >= 15 is 0 Å². The molecule has 0 N–H and O–H groups in total. The number of para-hydroxylation sites is 1. The number of hydrogen-bond donors (Lipinski definition) is 0. The predicted molar refractivity (Wildman–Crippen MR) is 211 cm³/mol. The quantitative estimate of drug-likeness (QED) is 0.179. The van der Waals surface area contributed by atoms with Crippen molar-refractivity contribution in [2.75, 3.05) is 0 Å². The number of nitrogens with zero attached hydrogens (tertiary/aromatic N) is 4. The lowest BCUT2D eigenvalue weighted by molar-refractivity contribution is 1.07. The van der Waals surface area contributed by atoms with Crippen LogP contribution in [0.1, 0.15) is 11.1 Å². The predicted octanol–water partition coefficient (Wildman–Crippen LogP) is 11.9. The molecule has 2 heterocycles. The van der Waals surface area contributed by atoms with Crippen LogP contribution in [-0.4, -0.2) is 19.5 Å². The molecule has 0 amide bonds. The van der Waals surface area contributed by atoms with Crippen LogP contribution in [0.3, 0.4) is 0 Å². The molecule has 0 unspecified atom stereocenters. The summed E-state index contributed by atoms with van der Waals surface area (Å²) < 4.78 is 2.35. The monoisotopic (exact) mass is 654 g/mol. The number of fused-ring (bicyclic) bond motifs is 3. The first kappa shape index (κ1) is 30.4. The van der Waals surface area contributed by atoms with Crippen LogP contribution in [0.5, 0.6) is 0 Å². The van der Waals surface area contributed by atoms with Crippen LogP contribution in [0.15, 0.2) is 170 Å². The Kier molecular flexibility index (Phi) is 7.55. The normalized spacial score (nSPS) is 11.3. The summed E-state index contributed by atoms with van der Waals surface area (Å²) in [6.07, 6.45) is 0. The smallest absolute Gasteiger partial charge is 0.164 e. The molecule has 242 valence electrons. The molecule has 0 aliphatic heterocycles. The molecule has 9 aromatic rings. The van der Waals surface area contributed by atoms with Crippen LogP contribution in [0.4, 0.5) is 0 Å². The van der Waals surface area contributed by atoms with E-state index in [1.165, 1.54) is 44.2 Å². The molecule has 0 radical (unpaired) electrons. The Balaban J connectivity index is 1.18. The van der Waals surface area contributed by atoms with Crippen LogP contribution >= 0.6 is 0 Å². The summed E-state index contributed by atoms with van der Waals surface area (Å²) in [4.78, 5) is 14.9. The molecule has 0 spiro atoms. The Hall–Kier alpha value is -6.65. The number of aryl methyl sites for hydroxylation is 2. The maximum atomic E-state index is 5.00. The highest BCUT2D eigenvalue weighted by Crippen LogP contribution is 2.37. The zero-order chi connectivity index (χ0) is 34.3. The Bertz CT molecular complexity index is 2650. The Morgan fingerprint density at radius 2 is 0.902 bits per heavy atom. The molecular formula is C47H34N4. The highest BCUT2D eigenvalue weighted by atomic mass is 15.0. The van der Waals surface area contributed by atoms with Gasteiger partial charge in [-0.15, -0.1) is 0 Å². The summed E-state index contributed by atoms with van der Waals surface area (Å²) >= 11 is 0. The standard InChI is InChI=1S/C47H34N4/c1-31-14-9-10-21-39(31)41-29-35(25-24-32(41)2)36-26-27-44-42(30-36)40-22-11-12-23-43(40)51(44)38-20-13-19-37(28-38)47-49-45(33-15-5-3-6-16-33)48-46(50-47)34-17-7-4-8-18-34/h3-30H,1-2H3. The second-order valence-corrected chi connectivity index (χ2v) is 13.0. The van der Waals surface area contributed by atoms with Crippen molar-refractivity contribution in [1.82, 2.24) is 19.5 Å². The highest BCUT2D eigenvalue weighted by molar-refractivity contribution is 6.10. The minimum atomic E-state index is 0.636. The van der Waals surface area contributed by atoms with Gasteiger partial charge in [0.1, 0.15) is 0 Å². The van der Waals surface area contributed by atoms with E-state index in [0.717, 1.165) is 33.4 Å². The summed E-state index contributed by atoms with van der Waals surface area (Å²) in [5.41, 5.74) is 13.7. The molecule has 9 rings (SSSR count). The van der Waals surface area contributed by atoms with Crippen LogP contribution < -0.4 is 0 Å². The molecule has 4 nitrogen and oxygen atoms in total. The van der Waals surface area contributed by atoms with E-state index in [0.29, 0.717) is 17.5 Å². The number of benzene rings is 7. The lowest BCUT2D eigenvalue weighted by Crippen LogP contribution is -2.01. The van der Waals surface area contributed by atoms with Gasteiger partial charge in [0.25, 0.3) is 0 Å². The zero-order valence-corrected chi connectivity index (χ0v) is 28.5. The van der Waals surface area contributed by atoms with E-state index in [-0.39, 0.29) is 0 Å². The molecule has 0 bridgehead atoms. The van der Waals surface area contributed by atoms with Gasteiger partial charge >= 0.3 is 0 Å². The fourth-order valence-electron chi connectivity index (χ4n) is 7.12. The van der Waals surface area contributed by atoms with Crippen molar-refractivity contribution in [2.24, 2.45) is 0 Å². The van der Waals surface area contributed by atoms with Crippen molar-refractivity contribution in [2.45, 2.75) is 13.8 Å². The van der Waals surface area contributed by atoms with Crippen LogP contribution in [-0.2, 0) is 0 Å². The molecule has 51 heavy (non-hydrogen) atoms. The second-order valence-electron chi connectivity index (χ2n) is 13.0. The first-order valence-electron chi connectivity index (χ1n) is 17.3. The van der Waals surface area contributed by atoms with Crippen molar-refractivity contribution >= 4 is 21.8 Å². The lowest BCUT2D eigenvalue weighted by atomic mass is 9.92. The molecule has 2 aromatic heterocycles. The van der Waals surface area contributed by atoms with E-state index in [9.17, 15) is 0 Å². The minimum Gasteiger partial charge on any atom is -0.309 e. The maximum absolute atomic E-state index is 5.00. The molecule has 0 aliphatic carbocycles. The van der Waals surface area contributed by atoms with E-state index < -0.39 is 0 Å².